The summed E-state index contributed by atoms with van der Waals surface area (Å²) in [5.74, 6) is -1.12. The zero-order valence-corrected chi connectivity index (χ0v) is 20.0. The van der Waals surface area contributed by atoms with Gasteiger partial charge in [-0.3, -0.25) is 4.79 Å². The van der Waals surface area contributed by atoms with Gasteiger partial charge in [0.1, 0.15) is 12.6 Å². The monoisotopic (exact) mass is 476 g/mol. The Balaban J connectivity index is 1.17. The van der Waals surface area contributed by atoms with Crippen LogP contribution in [-0.2, 0) is 14.3 Å². The molecule has 2 fully saturated rings. The van der Waals surface area contributed by atoms with Crippen LogP contribution < -0.4 is 5.32 Å². The number of hydrogen-bond acceptors (Lipinski definition) is 4. The highest BCUT2D eigenvalue weighted by Crippen LogP contribution is 2.45. The van der Waals surface area contributed by atoms with Crippen LogP contribution in [0.2, 0.25) is 0 Å². The van der Waals surface area contributed by atoms with Crippen molar-refractivity contribution in [3.8, 4) is 11.1 Å². The van der Waals surface area contributed by atoms with Gasteiger partial charge in [-0.1, -0.05) is 61.9 Å². The zero-order valence-electron chi connectivity index (χ0n) is 20.0. The molecule has 35 heavy (non-hydrogen) atoms. The number of aliphatic carboxylic acids is 1. The van der Waals surface area contributed by atoms with Gasteiger partial charge in [0.2, 0.25) is 5.91 Å². The molecule has 2 N–H and O–H groups in total. The lowest BCUT2D eigenvalue weighted by atomic mass is 9.66. The predicted octanol–water partition coefficient (Wildman–Crippen LogP) is 4.41. The molecule has 7 nitrogen and oxygen atoms in total. The Labute approximate surface area is 205 Å². The fourth-order valence-electron chi connectivity index (χ4n) is 6.03. The first-order chi connectivity index (χ1) is 16.9. The van der Waals surface area contributed by atoms with E-state index < -0.39 is 18.1 Å². The second-order valence-electron chi connectivity index (χ2n) is 10.3. The molecule has 1 saturated heterocycles. The van der Waals surface area contributed by atoms with Gasteiger partial charge in [-0.15, -0.1) is 0 Å². The van der Waals surface area contributed by atoms with E-state index in [1.807, 2.05) is 31.2 Å². The zero-order chi connectivity index (χ0) is 24.6. The summed E-state index contributed by atoms with van der Waals surface area (Å²) in [7, 11) is 0. The molecular weight excluding hydrogens is 444 g/mol. The number of amides is 2. The Morgan fingerprint density at radius 1 is 1.06 bits per heavy atom. The number of benzene rings is 2. The van der Waals surface area contributed by atoms with Crippen molar-refractivity contribution < 1.29 is 24.2 Å². The van der Waals surface area contributed by atoms with E-state index in [2.05, 4.69) is 29.6 Å². The molecule has 0 bridgehead atoms. The molecule has 3 aliphatic rings. The average molecular weight is 477 g/mol. The fraction of sp³-hybridized carbons (Fsp3) is 0.464. The van der Waals surface area contributed by atoms with Crippen molar-refractivity contribution in [2.75, 3.05) is 19.7 Å². The van der Waals surface area contributed by atoms with Gasteiger partial charge in [0.15, 0.2) is 0 Å². The Kier molecular flexibility index (Phi) is 6.26. The van der Waals surface area contributed by atoms with Crippen LogP contribution in [0.1, 0.15) is 56.1 Å². The minimum atomic E-state index is -0.942. The number of carbonyl (C=O) groups is 3. The second-order valence-corrected chi connectivity index (χ2v) is 10.3. The molecule has 7 heteroatoms. The molecule has 0 aromatic heterocycles. The average Bonchev–Trinajstić information content (AvgIpc) is 3.37. The van der Waals surface area contributed by atoms with E-state index in [0.29, 0.717) is 19.5 Å². The number of ether oxygens (including phenoxy) is 1. The van der Waals surface area contributed by atoms with Gasteiger partial charge in [-0.25, -0.2) is 9.59 Å². The summed E-state index contributed by atoms with van der Waals surface area (Å²) >= 11 is 0. The third kappa shape index (κ3) is 4.40. The highest BCUT2D eigenvalue weighted by Gasteiger charge is 2.45. The number of carboxylic acid groups (broad SMARTS) is 1. The van der Waals surface area contributed by atoms with Gasteiger partial charge in [0.05, 0.1) is 0 Å². The molecule has 1 heterocycles. The second kappa shape index (κ2) is 9.36. The summed E-state index contributed by atoms with van der Waals surface area (Å²) in [5, 5.41) is 12.4. The molecule has 2 aliphatic carbocycles. The van der Waals surface area contributed by atoms with Crippen LogP contribution in [0.15, 0.2) is 48.5 Å². The summed E-state index contributed by atoms with van der Waals surface area (Å²) in [6.07, 6.45) is 3.15. The van der Waals surface area contributed by atoms with Crippen LogP contribution in [0, 0.1) is 11.3 Å². The van der Waals surface area contributed by atoms with Gasteiger partial charge in [-0.2, -0.15) is 0 Å². The number of nitrogens with one attached hydrogen (secondary N) is 1. The molecule has 0 spiro atoms. The Morgan fingerprint density at radius 3 is 2.26 bits per heavy atom. The number of rotatable bonds is 7. The minimum Gasteiger partial charge on any atom is -0.480 e. The smallest absolute Gasteiger partial charge is 0.407 e. The lowest BCUT2D eigenvalue weighted by Crippen LogP contribution is -2.49. The minimum absolute atomic E-state index is 0.00232. The van der Waals surface area contributed by atoms with E-state index >= 15 is 0 Å². The Bertz CT molecular complexity index is 1100. The number of hydrogen-bond donors (Lipinski definition) is 2. The van der Waals surface area contributed by atoms with Gasteiger partial charge in [-0.05, 0) is 52.8 Å². The van der Waals surface area contributed by atoms with E-state index in [0.717, 1.165) is 30.4 Å². The maximum absolute atomic E-state index is 13.0. The summed E-state index contributed by atoms with van der Waals surface area (Å²) in [6, 6.07) is 15.7. The molecular formula is C28H32N2O5. The number of alkyl carbamates (subject to hydrolysis) is 1. The van der Waals surface area contributed by atoms with Crippen LogP contribution in [-0.4, -0.2) is 53.7 Å². The molecule has 5 rings (SSSR count). The van der Waals surface area contributed by atoms with Crippen molar-refractivity contribution in [3.05, 3.63) is 59.7 Å². The third-order valence-corrected chi connectivity index (χ3v) is 8.17. The predicted molar refractivity (Wildman–Crippen MR) is 131 cm³/mol. The lowest BCUT2D eigenvalue weighted by Gasteiger charge is -2.42. The lowest BCUT2D eigenvalue weighted by molar-refractivity contribution is -0.150. The van der Waals surface area contributed by atoms with Gasteiger partial charge < -0.3 is 20.1 Å². The SMILES string of the molecule is CC1CCN(C(=O)CC2(CNC(=O)OCC3c4ccccc4-c4ccccc43)CCC2)C1C(=O)O. The molecule has 1 aliphatic heterocycles. The van der Waals surface area contributed by atoms with Gasteiger partial charge in [0.25, 0.3) is 0 Å². The highest BCUT2D eigenvalue weighted by atomic mass is 16.5. The Morgan fingerprint density at radius 2 is 1.69 bits per heavy atom. The molecule has 0 radical (unpaired) electrons. The molecule has 2 aromatic rings. The first kappa shape index (κ1) is 23.4. The van der Waals surface area contributed by atoms with Crippen molar-refractivity contribution >= 4 is 18.0 Å². The number of carboxylic acids is 1. The van der Waals surface area contributed by atoms with Crippen LogP contribution in [0.3, 0.4) is 0 Å². The maximum Gasteiger partial charge on any atom is 0.407 e. The quantitative estimate of drug-likeness (QED) is 0.617. The van der Waals surface area contributed by atoms with Crippen LogP contribution >= 0.6 is 0 Å². The summed E-state index contributed by atoms with van der Waals surface area (Å²) in [5.41, 5.74) is 4.36. The van der Waals surface area contributed by atoms with E-state index in [1.54, 1.807) is 0 Å². The van der Waals surface area contributed by atoms with Crippen molar-refractivity contribution in [2.45, 2.75) is 51.0 Å². The van der Waals surface area contributed by atoms with E-state index in [9.17, 15) is 19.5 Å². The molecule has 2 aromatic carbocycles. The number of fused-ring (bicyclic) bond motifs is 3. The van der Waals surface area contributed by atoms with Crippen molar-refractivity contribution in [2.24, 2.45) is 11.3 Å². The molecule has 2 atom stereocenters. The normalized spacial score (nSPS) is 22.1. The van der Waals surface area contributed by atoms with E-state index in [1.165, 1.54) is 16.0 Å². The largest absolute Gasteiger partial charge is 0.480 e. The Hall–Kier alpha value is -3.35. The van der Waals surface area contributed by atoms with Crippen molar-refractivity contribution in [1.29, 1.82) is 0 Å². The first-order valence-corrected chi connectivity index (χ1v) is 12.5. The summed E-state index contributed by atoms with van der Waals surface area (Å²) in [4.78, 5) is 38.8. The number of likely N-dealkylation sites (tertiary alicyclic amines) is 1. The fourth-order valence-corrected chi connectivity index (χ4v) is 6.03. The molecule has 184 valence electrons. The topological polar surface area (TPSA) is 95.9 Å². The van der Waals surface area contributed by atoms with E-state index in [-0.39, 0.29) is 36.2 Å². The standard InChI is InChI=1S/C28H32N2O5/c1-18-11-14-30(25(18)26(32)33)24(31)15-28(12-6-13-28)17-29-27(34)35-16-23-21-9-4-2-7-19(21)20-8-3-5-10-22(20)23/h2-5,7-10,18,23,25H,6,11-17H2,1H3,(H,29,34)(H,32,33). The van der Waals surface area contributed by atoms with Crippen molar-refractivity contribution in [1.82, 2.24) is 10.2 Å². The maximum atomic E-state index is 13.0. The van der Waals surface area contributed by atoms with Gasteiger partial charge in [0, 0.05) is 25.4 Å². The van der Waals surface area contributed by atoms with E-state index in [4.69, 9.17) is 4.74 Å². The van der Waals surface area contributed by atoms with Crippen LogP contribution in [0.5, 0.6) is 0 Å². The number of nitrogens with zero attached hydrogens (tertiary/aromatic N) is 1. The highest BCUT2D eigenvalue weighted by molar-refractivity contribution is 5.85. The number of carbonyl (C=O) groups excluding carboxylic acids is 2. The first-order valence-electron chi connectivity index (χ1n) is 12.5. The van der Waals surface area contributed by atoms with Gasteiger partial charge >= 0.3 is 12.1 Å². The summed E-state index contributed by atoms with van der Waals surface area (Å²) in [6.45, 7) is 2.96. The van der Waals surface area contributed by atoms with Crippen LogP contribution in [0.4, 0.5) is 4.79 Å². The molecule has 1 saturated carbocycles. The van der Waals surface area contributed by atoms with Crippen molar-refractivity contribution in [3.63, 3.8) is 0 Å². The molecule has 2 unspecified atom stereocenters. The summed E-state index contributed by atoms with van der Waals surface area (Å²) < 4.78 is 5.65. The molecule has 2 amide bonds. The third-order valence-electron chi connectivity index (χ3n) is 8.17. The van der Waals surface area contributed by atoms with Crippen LogP contribution in [0.25, 0.3) is 11.1 Å².